The Balaban J connectivity index is 3.01. The lowest BCUT2D eigenvalue weighted by Crippen LogP contribution is -1.83. The molecule has 136 valence electrons. The number of unbranched alkanes of at least 4 members (excludes halogenated alkanes) is 17. The third kappa shape index (κ3) is 21.6. The second-order valence-electron chi connectivity index (χ2n) is 7.16. The zero-order valence-electron chi connectivity index (χ0n) is 16.4. The minimum atomic E-state index is 1.11. The van der Waals surface area contributed by atoms with Gasteiger partial charge in [-0.2, -0.15) is 0 Å². The largest absolute Gasteiger partial charge is 0.103 e. The number of hydrogen-bond donors (Lipinski definition) is 0. The summed E-state index contributed by atoms with van der Waals surface area (Å²) in [4.78, 5) is 0. The molecule has 0 saturated carbocycles. The number of rotatable bonds is 17. The smallest absolute Gasteiger partial charge is 0.00886 e. The highest BCUT2D eigenvalue weighted by Crippen LogP contribution is 2.13. The molecule has 0 aliphatic carbocycles. The average molecular weight is 321 g/mol. The fourth-order valence-electron chi connectivity index (χ4n) is 3.03. The van der Waals surface area contributed by atoms with Gasteiger partial charge in [-0.05, 0) is 12.8 Å². The van der Waals surface area contributed by atoms with E-state index in [-0.39, 0.29) is 0 Å². The van der Waals surface area contributed by atoms with Gasteiger partial charge in [-0.1, -0.05) is 110 Å². The van der Waals surface area contributed by atoms with Crippen LogP contribution in [0.25, 0.3) is 0 Å². The first-order valence-electron chi connectivity index (χ1n) is 10.9. The summed E-state index contributed by atoms with van der Waals surface area (Å²) in [5.74, 6) is 6.60. The minimum Gasteiger partial charge on any atom is -0.103 e. The predicted octanol–water partition coefficient (Wildman–Crippen LogP) is 8.44. The van der Waals surface area contributed by atoms with Crippen molar-refractivity contribution in [2.24, 2.45) is 0 Å². The van der Waals surface area contributed by atoms with Crippen molar-refractivity contribution >= 4 is 0 Å². The normalized spacial score (nSPS) is 10.5. The Labute approximate surface area is 148 Å². The summed E-state index contributed by atoms with van der Waals surface area (Å²) in [6.07, 6.45) is 26.4. The Morgan fingerprint density at radius 2 is 0.652 bits per heavy atom. The van der Waals surface area contributed by atoms with Crippen LogP contribution >= 0.6 is 0 Å². The average Bonchev–Trinajstić information content (AvgIpc) is 2.57. The van der Waals surface area contributed by atoms with Crippen LogP contribution in [0.1, 0.15) is 136 Å². The molecule has 0 heteroatoms. The van der Waals surface area contributed by atoms with Gasteiger partial charge in [0.15, 0.2) is 0 Å². The van der Waals surface area contributed by atoms with Crippen molar-refractivity contribution in [1.82, 2.24) is 0 Å². The molecule has 0 rings (SSSR count). The summed E-state index contributed by atoms with van der Waals surface area (Å²) in [6, 6.07) is 0. The van der Waals surface area contributed by atoms with Crippen LogP contribution < -0.4 is 0 Å². The molecule has 0 aromatic heterocycles. The van der Waals surface area contributed by atoms with E-state index < -0.39 is 0 Å². The Morgan fingerprint density at radius 1 is 0.348 bits per heavy atom. The lowest BCUT2D eigenvalue weighted by molar-refractivity contribution is 0.533. The van der Waals surface area contributed by atoms with Crippen LogP contribution in [0.5, 0.6) is 0 Å². The van der Waals surface area contributed by atoms with Crippen LogP contribution in [0, 0.1) is 11.8 Å². The maximum atomic E-state index is 3.32. The molecule has 0 aliphatic rings. The third-order valence-electron chi connectivity index (χ3n) is 4.69. The van der Waals surface area contributed by atoms with E-state index >= 15 is 0 Å². The molecule has 0 atom stereocenters. The predicted molar refractivity (Wildman–Crippen MR) is 107 cm³/mol. The molecule has 0 aliphatic heterocycles. The highest BCUT2D eigenvalue weighted by molar-refractivity contribution is 4.98. The minimum absolute atomic E-state index is 1.11. The van der Waals surface area contributed by atoms with Gasteiger partial charge in [-0.3, -0.25) is 0 Å². The Kier molecular flexibility index (Phi) is 21.1. The van der Waals surface area contributed by atoms with Gasteiger partial charge in [0.05, 0.1) is 0 Å². The zero-order valence-corrected chi connectivity index (χ0v) is 16.4. The summed E-state index contributed by atoms with van der Waals surface area (Å²) in [6.45, 7) is 4.53. The third-order valence-corrected chi connectivity index (χ3v) is 4.69. The molecule has 0 aromatic carbocycles. The van der Waals surface area contributed by atoms with Gasteiger partial charge < -0.3 is 0 Å². The molecule has 0 nitrogen and oxygen atoms in total. The first-order chi connectivity index (χ1) is 11.4. The van der Waals surface area contributed by atoms with E-state index in [2.05, 4.69) is 25.7 Å². The molecule has 0 heterocycles. The van der Waals surface area contributed by atoms with E-state index in [1.54, 1.807) is 0 Å². The van der Waals surface area contributed by atoms with E-state index in [0.717, 1.165) is 12.8 Å². The molecule has 23 heavy (non-hydrogen) atoms. The molecule has 0 fully saturated rings. The van der Waals surface area contributed by atoms with Gasteiger partial charge in [-0.15, -0.1) is 11.8 Å². The van der Waals surface area contributed by atoms with Crippen molar-refractivity contribution in [3.05, 3.63) is 0 Å². The summed E-state index contributed by atoms with van der Waals surface area (Å²) in [5.41, 5.74) is 0. The standard InChI is InChI=1S/C23H44/c1-3-5-7-9-11-13-15-17-19-21-23-22-20-18-16-14-12-10-8-6-4-2/h3-9,11,13-23H2,1-2H3. The molecule has 0 spiro atoms. The van der Waals surface area contributed by atoms with Gasteiger partial charge in [0.2, 0.25) is 0 Å². The molecule has 0 bridgehead atoms. The van der Waals surface area contributed by atoms with Crippen LogP contribution in [-0.4, -0.2) is 0 Å². The van der Waals surface area contributed by atoms with Gasteiger partial charge in [-0.25, -0.2) is 0 Å². The van der Waals surface area contributed by atoms with Crippen LogP contribution in [0.4, 0.5) is 0 Å². The second kappa shape index (κ2) is 21.6. The number of hydrogen-bond acceptors (Lipinski definition) is 0. The van der Waals surface area contributed by atoms with Gasteiger partial charge >= 0.3 is 0 Å². The summed E-state index contributed by atoms with van der Waals surface area (Å²) < 4.78 is 0. The second-order valence-corrected chi connectivity index (χ2v) is 7.16. The molecular formula is C23H44. The Hall–Kier alpha value is -0.440. The van der Waals surface area contributed by atoms with Crippen LogP contribution in [0.3, 0.4) is 0 Å². The van der Waals surface area contributed by atoms with Crippen molar-refractivity contribution < 1.29 is 0 Å². The van der Waals surface area contributed by atoms with Crippen molar-refractivity contribution in [2.75, 3.05) is 0 Å². The maximum Gasteiger partial charge on any atom is 0.00886 e. The van der Waals surface area contributed by atoms with Gasteiger partial charge in [0.25, 0.3) is 0 Å². The van der Waals surface area contributed by atoms with E-state index in [0.29, 0.717) is 0 Å². The van der Waals surface area contributed by atoms with E-state index in [4.69, 9.17) is 0 Å². The molecule has 0 amide bonds. The van der Waals surface area contributed by atoms with E-state index in [1.165, 1.54) is 109 Å². The topological polar surface area (TPSA) is 0 Å². The monoisotopic (exact) mass is 320 g/mol. The lowest BCUT2D eigenvalue weighted by atomic mass is 10.0. The maximum absolute atomic E-state index is 3.32. The highest BCUT2D eigenvalue weighted by atomic mass is 14.0. The molecule has 0 radical (unpaired) electrons. The first-order valence-corrected chi connectivity index (χ1v) is 10.9. The van der Waals surface area contributed by atoms with Crippen molar-refractivity contribution in [2.45, 2.75) is 136 Å². The highest BCUT2D eigenvalue weighted by Gasteiger charge is 1.94. The summed E-state index contributed by atoms with van der Waals surface area (Å²) >= 11 is 0. The van der Waals surface area contributed by atoms with Crippen molar-refractivity contribution in [1.29, 1.82) is 0 Å². The van der Waals surface area contributed by atoms with E-state index in [1.807, 2.05) is 0 Å². The van der Waals surface area contributed by atoms with Crippen molar-refractivity contribution in [3.63, 3.8) is 0 Å². The van der Waals surface area contributed by atoms with Crippen LogP contribution in [0.2, 0.25) is 0 Å². The fourth-order valence-corrected chi connectivity index (χ4v) is 3.03. The zero-order chi connectivity index (χ0) is 16.8. The fraction of sp³-hybridized carbons (Fsp3) is 0.913. The summed E-state index contributed by atoms with van der Waals surface area (Å²) in [5, 5.41) is 0. The summed E-state index contributed by atoms with van der Waals surface area (Å²) in [7, 11) is 0. The Morgan fingerprint density at radius 3 is 1.04 bits per heavy atom. The Bertz CT molecular complexity index is 255. The first kappa shape index (κ1) is 22.6. The quantitative estimate of drug-likeness (QED) is 0.186. The van der Waals surface area contributed by atoms with Gasteiger partial charge in [0, 0.05) is 12.8 Å². The molecular weight excluding hydrogens is 276 g/mol. The van der Waals surface area contributed by atoms with Gasteiger partial charge in [0.1, 0.15) is 0 Å². The van der Waals surface area contributed by atoms with E-state index in [9.17, 15) is 0 Å². The van der Waals surface area contributed by atoms with Crippen LogP contribution in [-0.2, 0) is 0 Å². The molecule has 0 saturated heterocycles. The molecule has 0 N–H and O–H groups in total. The van der Waals surface area contributed by atoms with Crippen LogP contribution in [0.15, 0.2) is 0 Å². The molecule has 0 aromatic rings. The SMILES string of the molecule is CCCCC#CCCCCCCCCCCCCCCCCC. The van der Waals surface area contributed by atoms with Crippen molar-refractivity contribution in [3.8, 4) is 11.8 Å². The lowest BCUT2D eigenvalue weighted by Gasteiger charge is -2.03. The molecule has 0 unspecified atom stereocenters.